The summed E-state index contributed by atoms with van der Waals surface area (Å²) in [7, 11) is 0. The molecule has 1 atom stereocenters. The van der Waals surface area contributed by atoms with Crippen molar-refractivity contribution in [2.24, 2.45) is 0 Å². The molecule has 1 N–H and O–H groups in total. The van der Waals surface area contributed by atoms with Gasteiger partial charge >= 0.3 is 11.9 Å². The van der Waals surface area contributed by atoms with Gasteiger partial charge in [-0.15, -0.1) is 10.2 Å². The van der Waals surface area contributed by atoms with Crippen molar-refractivity contribution >= 4 is 11.6 Å². The number of aliphatic hydroxyl groups is 1. The van der Waals surface area contributed by atoms with Gasteiger partial charge in [-0.05, 0) is 43.3 Å². The maximum absolute atomic E-state index is 14.3. The van der Waals surface area contributed by atoms with Crippen molar-refractivity contribution in [2.75, 3.05) is 0 Å². The van der Waals surface area contributed by atoms with E-state index in [0.29, 0.717) is 10.6 Å². The van der Waals surface area contributed by atoms with Crippen LogP contribution >= 0.6 is 11.6 Å². The number of nitrogens with zero attached hydrogens (tertiary/aromatic N) is 6. The van der Waals surface area contributed by atoms with Crippen LogP contribution in [-0.4, -0.2) is 40.4 Å². The quantitative estimate of drug-likeness (QED) is 0.377. The summed E-state index contributed by atoms with van der Waals surface area (Å²) >= 11 is 5.90. The van der Waals surface area contributed by atoms with E-state index >= 15 is 0 Å². The highest BCUT2D eigenvalue weighted by Crippen LogP contribution is 2.24. The summed E-state index contributed by atoms with van der Waals surface area (Å²) in [4.78, 5) is 17.2. The first-order chi connectivity index (χ1) is 16.5. The summed E-state index contributed by atoms with van der Waals surface area (Å²) in [6.07, 6.45) is -6.84. The predicted molar refractivity (Wildman–Crippen MR) is 119 cm³/mol. The van der Waals surface area contributed by atoms with Crippen LogP contribution in [0.5, 0.6) is 0 Å². The monoisotopic (exact) mass is 510 g/mol. The molecule has 13 heteroatoms. The lowest BCUT2D eigenvalue weighted by molar-refractivity contribution is -0.136. The number of benzene rings is 2. The Bertz CT molecular complexity index is 1390. The van der Waals surface area contributed by atoms with Gasteiger partial charge in [-0.3, -0.25) is 4.57 Å². The largest absolute Gasteiger partial charge is 0.390 e. The molecule has 0 fully saturated rings. The lowest BCUT2D eigenvalue weighted by Crippen LogP contribution is -2.27. The zero-order valence-corrected chi connectivity index (χ0v) is 19.0. The molecular formula is C22H19ClF4N6O2. The predicted octanol–water partition coefficient (Wildman–Crippen LogP) is 4.14. The van der Waals surface area contributed by atoms with Gasteiger partial charge in [-0.1, -0.05) is 23.7 Å². The fourth-order valence-corrected chi connectivity index (χ4v) is 3.56. The summed E-state index contributed by atoms with van der Waals surface area (Å²) in [5.74, 6) is -0.563. The van der Waals surface area contributed by atoms with Crippen LogP contribution in [0.15, 0.2) is 53.3 Å². The molecule has 0 amide bonds. The van der Waals surface area contributed by atoms with Gasteiger partial charge in [0.2, 0.25) is 0 Å². The molecule has 4 rings (SSSR count). The lowest BCUT2D eigenvalue weighted by atomic mass is 10.2. The smallest absolute Gasteiger partial charge is 0.385 e. The Kier molecular flexibility index (Phi) is 6.77. The van der Waals surface area contributed by atoms with Gasteiger partial charge in [0.1, 0.15) is 24.2 Å². The van der Waals surface area contributed by atoms with E-state index in [9.17, 15) is 27.5 Å². The Morgan fingerprint density at radius 2 is 1.77 bits per heavy atom. The van der Waals surface area contributed by atoms with Crippen molar-refractivity contribution in [3.8, 4) is 17.1 Å². The molecule has 8 nitrogen and oxygen atoms in total. The molecule has 2 aromatic heterocycles. The molecule has 0 spiro atoms. The van der Waals surface area contributed by atoms with E-state index < -0.39 is 36.8 Å². The van der Waals surface area contributed by atoms with Crippen LogP contribution in [0.2, 0.25) is 5.02 Å². The van der Waals surface area contributed by atoms with Crippen molar-refractivity contribution < 1.29 is 22.7 Å². The normalized spacial score (nSPS) is 12.8. The van der Waals surface area contributed by atoms with Gasteiger partial charge in [0.05, 0.1) is 6.42 Å². The van der Waals surface area contributed by atoms with Crippen LogP contribution in [0.4, 0.5) is 17.6 Å². The van der Waals surface area contributed by atoms with E-state index in [1.165, 1.54) is 49.4 Å². The SMILES string of the molecule is CC(O)c1nc(Cn2nc(-c3ccc(Cl)cc3)n(CCC(F)(F)F)c2=O)nn1-c1ccccc1F. The lowest BCUT2D eigenvalue weighted by Gasteiger charge is -2.08. The third-order valence-electron chi connectivity index (χ3n) is 5.07. The second kappa shape index (κ2) is 9.62. The Morgan fingerprint density at radius 3 is 2.40 bits per heavy atom. The number of aromatic nitrogens is 6. The zero-order chi connectivity index (χ0) is 25.3. The average Bonchev–Trinajstić information content (AvgIpc) is 3.34. The van der Waals surface area contributed by atoms with Crippen LogP contribution < -0.4 is 5.69 Å². The number of halogens is 5. The van der Waals surface area contributed by atoms with Crippen LogP contribution in [0.25, 0.3) is 17.1 Å². The van der Waals surface area contributed by atoms with E-state index in [1.807, 2.05) is 0 Å². The molecule has 35 heavy (non-hydrogen) atoms. The van der Waals surface area contributed by atoms with Gasteiger partial charge in [0.15, 0.2) is 17.5 Å². The molecule has 184 valence electrons. The second-order valence-electron chi connectivity index (χ2n) is 7.71. The average molecular weight is 511 g/mol. The molecule has 0 radical (unpaired) electrons. The van der Waals surface area contributed by atoms with Gasteiger partial charge in [-0.25, -0.2) is 23.5 Å². The first-order valence-corrected chi connectivity index (χ1v) is 10.8. The highest BCUT2D eigenvalue weighted by Gasteiger charge is 2.29. The van der Waals surface area contributed by atoms with E-state index in [2.05, 4.69) is 15.2 Å². The highest BCUT2D eigenvalue weighted by atomic mass is 35.5. The van der Waals surface area contributed by atoms with Crippen LogP contribution in [0.1, 0.15) is 31.1 Å². The minimum absolute atomic E-state index is 0.00869. The van der Waals surface area contributed by atoms with Crippen molar-refractivity contribution in [3.63, 3.8) is 0 Å². The van der Waals surface area contributed by atoms with Gasteiger partial charge < -0.3 is 5.11 Å². The zero-order valence-electron chi connectivity index (χ0n) is 18.2. The number of para-hydroxylation sites is 1. The topological polar surface area (TPSA) is 90.8 Å². The maximum Gasteiger partial charge on any atom is 0.390 e. The number of hydrogen-bond donors (Lipinski definition) is 1. The van der Waals surface area contributed by atoms with E-state index in [4.69, 9.17) is 11.6 Å². The molecule has 0 aliphatic rings. The van der Waals surface area contributed by atoms with E-state index in [1.54, 1.807) is 6.07 Å². The molecule has 0 aliphatic heterocycles. The molecule has 2 aromatic carbocycles. The van der Waals surface area contributed by atoms with Crippen LogP contribution in [0.3, 0.4) is 0 Å². The molecule has 0 saturated carbocycles. The molecule has 4 aromatic rings. The van der Waals surface area contributed by atoms with E-state index in [0.717, 1.165) is 13.9 Å². The third-order valence-corrected chi connectivity index (χ3v) is 5.32. The van der Waals surface area contributed by atoms with Gasteiger partial charge in [0.25, 0.3) is 0 Å². The first-order valence-electron chi connectivity index (χ1n) is 10.4. The minimum atomic E-state index is -4.48. The summed E-state index contributed by atoms with van der Waals surface area (Å²) in [6.45, 7) is 0.456. The molecular weight excluding hydrogens is 492 g/mol. The van der Waals surface area contributed by atoms with Crippen molar-refractivity contribution in [1.29, 1.82) is 0 Å². The fourth-order valence-electron chi connectivity index (χ4n) is 3.44. The molecule has 2 heterocycles. The Morgan fingerprint density at radius 1 is 1.09 bits per heavy atom. The minimum Gasteiger partial charge on any atom is -0.385 e. The second-order valence-corrected chi connectivity index (χ2v) is 8.15. The third kappa shape index (κ3) is 5.43. The molecule has 1 unspecified atom stereocenters. The Labute approximate surface area is 201 Å². The van der Waals surface area contributed by atoms with Gasteiger partial charge in [0, 0.05) is 17.1 Å². The summed E-state index contributed by atoms with van der Waals surface area (Å²) in [6, 6.07) is 11.9. The summed E-state index contributed by atoms with van der Waals surface area (Å²) in [5, 5.41) is 18.9. The summed E-state index contributed by atoms with van der Waals surface area (Å²) < 4.78 is 56.0. The first kappa shape index (κ1) is 24.6. The van der Waals surface area contributed by atoms with Crippen LogP contribution in [-0.2, 0) is 13.1 Å². The molecule has 0 bridgehead atoms. The van der Waals surface area contributed by atoms with Crippen molar-refractivity contribution in [2.45, 2.75) is 38.7 Å². The Hall–Kier alpha value is -3.51. The Balaban J connectivity index is 1.75. The fraction of sp³-hybridized carbons (Fsp3) is 0.273. The highest BCUT2D eigenvalue weighted by molar-refractivity contribution is 6.30. The van der Waals surface area contributed by atoms with Crippen molar-refractivity contribution in [3.05, 3.63) is 81.5 Å². The van der Waals surface area contributed by atoms with E-state index in [-0.39, 0.29) is 29.7 Å². The number of hydrogen-bond acceptors (Lipinski definition) is 5. The van der Waals surface area contributed by atoms with Gasteiger partial charge in [-0.2, -0.15) is 13.2 Å². The molecule has 0 aliphatic carbocycles. The summed E-state index contributed by atoms with van der Waals surface area (Å²) in [5.41, 5.74) is -0.381. The number of rotatable bonds is 7. The maximum atomic E-state index is 14.3. The van der Waals surface area contributed by atoms with Crippen LogP contribution in [0, 0.1) is 5.82 Å². The standard InChI is InChI=1S/C22H19ClF4N6O2/c1-13(34)19-28-18(29-33(19)17-5-3-2-4-16(17)24)12-32-21(35)31(11-10-22(25,26)27)20(30-32)14-6-8-15(23)9-7-14/h2-9,13,34H,10-12H2,1H3. The van der Waals surface area contributed by atoms with Crippen molar-refractivity contribution in [1.82, 2.24) is 29.1 Å². The molecule has 0 saturated heterocycles. The number of aliphatic hydroxyl groups excluding tert-OH is 1. The number of alkyl halides is 3.